The topological polar surface area (TPSA) is 53.2 Å². The second-order valence-electron chi connectivity index (χ2n) is 10.6. The second-order valence-corrected chi connectivity index (χ2v) is 10.6. The number of aromatic nitrogens is 2. The van der Waals surface area contributed by atoms with Gasteiger partial charge in [0.25, 0.3) is 0 Å². The van der Waals surface area contributed by atoms with Crippen LogP contribution in [0.1, 0.15) is 88.4 Å². The van der Waals surface area contributed by atoms with E-state index in [-0.39, 0.29) is 6.23 Å². The van der Waals surface area contributed by atoms with Crippen molar-refractivity contribution in [2.45, 2.75) is 73.0 Å². The van der Waals surface area contributed by atoms with Gasteiger partial charge < -0.3 is 19.9 Å². The van der Waals surface area contributed by atoms with Gasteiger partial charge in [0.1, 0.15) is 5.65 Å². The van der Waals surface area contributed by atoms with Crippen molar-refractivity contribution in [1.29, 1.82) is 0 Å². The summed E-state index contributed by atoms with van der Waals surface area (Å²) in [7, 11) is 2.12. The van der Waals surface area contributed by atoms with E-state index in [1.165, 1.54) is 48.8 Å². The molecule has 2 aromatic heterocycles. The van der Waals surface area contributed by atoms with Gasteiger partial charge in [-0.05, 0) is 67.9 Å². The van der Waals surface area contributed by atoms with E-state index in [9.17, 15) is 0 Å². The smallest absolute Gasteiger partial charge is 0.171 e. The fourth-order valence-electron chi connectivity index (χ4n) is 5.30. The van der Waals surface area contributed by atoms with Gasteiger partial charge >= 0.3 is 0 Å². The number of aromatic amines is 1. The predicted octanol–water partition coefficient (Wildman–Crippen LogP) is 7.90. The number of hydrogen-bond donors (Lipinski definition) is 2. The molecule has 2 N–H and O–H groups in total. The molecule has 4 rings (SSSR count). The van der Waals surface area contributed by atoms with Crippen molar-refractivity contribution in [2.24, 2.45) is 11.8 Å². The van der Waals surface area contributed by atoms with Crippen LogP contribution in [0.4, 0.5) is 5.69 Å². The molecule has 3 unspecified atom stereocenters. The Balaban J connectivity index is 1.68. The van der Waals surface area contributed by atoms with E-state index < -0.39 is 0 Å². The van der Waals surface area contributed by atoms with Crippen LogP contribution in [-0.4, -0.2) is 35.1 Å². The number of ether oxygens (including phenoxy) is 1. The zero-order valence-corrected chi connectivity index (χ0v) is 23.0. The molecule has 194 valence electrons. The van der Waals surface area contributed by atoms with Gasteiger partial charge in [0.15, 0.2) is 6.23 Å². The van der Waals surface area contributed by atoms with E-state index in [0.717, 1.165) is 47.0 Å². The number of rotatable bonds is 12. The van der Waals surface area contributed by atoms with Gasteiger partial charge in [-0.1, -0.05) is 52.2 Å². The van der Waals surface area contributed by atoms with Crippen LogP contribution in [0.2, 0.25) is 0 Å². The van der Waals surface area contributed by atoms with Gasteiger partial charge in [0, 0.05) is 48.2 Å². The SMILES string of the molecule is CCCC(CCC(C)CC)COC1c2[nH]c3ncc(C)cc3c2C(c2cccc(NCC)c2)=CN1C. The summed E-state index contributed by atoms with van der Waals surface area (Å²) in [5.41, 5.74) is 7.93. The largest absolute Gasteiger partial charge is 0.385 e. The Labute approximate surface area is 217 Å². The molecule has 0 saturated heterocycles. The van der Waals surface area contributed by atoms with Crippen LogP contribution in [0.15, 0.2) is 42.7 Å². The molecule has 0 radical (unpaired) electrons. The first-order valence-corrected chi connectivity index (χ1v) is 13.8. The molecule has 1 aliphatic heterocycles. The number of aryl methyl sites for hydroxylation is 1. The lowest BCUT2D eigenvalue weighted by Crippen LogP contribution is -2.28. The molecule has 1 aliphatic rings. The fraction of sp³-hybridized carbons (Fsp3) is 0.516. The van der Waals surface area contributed by atoms with Crippen LogP contribution in [0, 0.1) is 18.8 Å². The molecule has 0 saturated carbocycles. The maximum absolute atomic E-state index is 6.72. The van der Waals surface area contributed by atoms with Crippen molar-refractivity contribution < 1.29 is 4.74 Å². The number of nitrogens with one attached hydrogen (secondary N) is 2. The third-order valence-electron chi connectivity index (χ3n) is 7.54. The lowest BCUT2D eigenvalue weighted by Gasteiger charge is -2.34. The Kier molecular flexibility index (Phi) is 8.73. The second kappa shape index (κ2) is 12.0. The number of H-pyrrole nitrogens is 1. The van der Waals surface area contributed by atoms with Crippen LogP contribution in [0.3, 0.4) is 0 Å². The molecule has 0 fully saturated rings. The van der Waals surface area contributed by atoms with E-state index in [0.29, 0.717) is 5.92 Å². The zero-order chi connectivity index (χ0) is 25.7. The summed E-state index contributed by atoms with van der Waals surface area (Å²) < 4.78 is 6.72. The van der Waals surface area contributed by atoms with Crippen molar-refractivity contribution in [3.63, 3.8) is 0 Å². The summed E-state index contributed by atoms with van der Waals surface area (Å²) in [6, 6.07) is 10.9. The standard InChI is InChI=1S/C31H44N4O/c1-7-11-23(15-14-21(4)8-2)20-36-31-29-28(26-16-22(5)18-33-30(26)34-29)27(19-35(31)6)24-12-10-13-25(17-24)32-9-3/h10,12-13,16-19,21,23,31-32H,7-9,11,14-15,20H2,1-6H3,(H,33,34). The van der Waals surface area contributed by atoms with Crippen LogP contribution in [-0.2, 0) is 4.74 Å². The molecule has 1 aromatic carbocycles. The summed E-state index contributed by atoms with van der Waals surface area (Å²) in [6.45, 7) is 12.8. The first-order valence-electron chi connectivity index (χ1n) is 13.8. The molecular weight excluding hydrogens is 444 g/mol. The highest BCUT2D eigenvalue weighted by Crippen LogP contribution is 2.42. The highest BCUT2D eigenvalue weighted by Gasteiger charge is 2.31. The number of pyridine rings is 1. The lowest BCUT2D eigenvalue weighted by atomic mass is 9.92. The van der Waals surface area contributed by atoms with E-state index in [4.69, 9.17) is 9.72 Å². The lowest BCUT2D eigenvalue weighted by molar-refractivity contribution is -0.0505. The number of nitrogens with zero attached hydrogens (tertiary/aromatic N) is 2. The summed E-state index contributed by atoms with van der Waals surface area (Å²) in [6.07, 6.45) is 10.2. The molecule has 0 aliphatic carbocycles. The molecule has 3 atom stereocenters. The van der Waals surface area contributed by atoms with Crippen molar-refractivity contribution >= 4 is 22.3 Å². The van der Waals surface area contributed by atoms with E-state index >= 15 is 0 Å². The maximum Gasteiger partial charge on any atom is 0.171 e. The van der Waals surface area contributed by atoms with E-state index in [1.807, 2.05) is 6.20 Å². The number of anilines is 1. The average Bonchev–Trinajstić information content (AvgIpc) is 3.24. The van der Waals surface area contributed by atoms with Gasteiger partial charge in [-0.2, -0.15) is 0 Å². The molecule has 36 heavy (non-hydrogen) atoms. The minimum absolute atomic E-state index is 0.154. The average molecular weight is 489 g/mol. The van der Waals surface area contributed by atoms with E-state index in [2.05, 4.69) is 93.4 Å². The molecule has 3 heterocycles. The molecule has 0 spiro atoms. The quantitative estimate of drug-likeness (QED) is 0.272. The third kappa shape index (κ3) is 5.78. The van der Waals surface area contributed by atoms with Crippen molar-refractivity contribution in [3.05, 3.63) is 65.1 Å². The Morgan fingerprint density at radius 3 is 2.72 bits per heavy atom. The Morgan fingerprint density at radius 1 is 1.14 bits per heavy atom. The molecule has 0 bridgehead atoms. The van der Waals surface area contributed by atoms with E-state index in [1.54, 1.807) is 0 Å². The van der Waals surface area contributed by atoms with Gasteiger partial charge in [-0.3, -0.25) is 0 Å². The summed E-state index contributed by atoms with van der Waals surface area (Å²) in [4.78, 5) is 10.6. The molecule has 0 amide bonds. The predicted molar refractivity (Wildman–Crippen MR) is 152 cm³/mol. The summed E-state index contributed by atoms with van der Waals surface area (Å²) in [5, 5.41) is 4.61. The number of hydrogen-bond acceptors (Lipinski definition) is 4. The van der Waals surface area contributed by atoms with Gasteiger partial charge in [-0.25, -0.2) is 4.98 Å². The summed E-state index contributed by atoms with van der Waals surface area (Å²) >= 11 is 0. The molecular formula is C31H44N4O. The Hall–Kier alpha value is -2.79. The van der Waals surface area contributed by atoms with Crippen LogP contribution in [0.25, 0.3) is 16.6 Å². The Bertz CT molecular complexity index is 1180. The van der Waals surface area contributed by atoms with Crippen LogP contribution < -0.4 is 5.32 Å². The molecule has 5 heteroatoms. The minimum Gasteiger partial charge on any atom is -0.385 e. The van der Waals surface area contributed by atoms with Gasteiger partial charge in [0.2, 0.25) is 0 Å². The zero-order valence-electron chi connectivity index (χ0n) is 23.0. The van der Waals surface area contributed by atoms with Crippen LogP contribution >= 0.6 is 0 Å². The highest BCUT2D eigenvalue weighted by atomic mass is 16.5. The van der Waals surface area contributed by atoms with Crippen molar-refractivity contribution in [3.8, 4) is 0 Å². The first-order chi connectivity index (χ1) is 17.4. The molecule has 3 aromatic rings. The number of fused-ring (bicyclic) bond motifs is 3. The van der Waals surface area contributed by atoms with Gasteiger partial charge in [-0.15, -0.1) is 0 Å². The van der Waals surface area contributed by atoms with Crippen LogP contribution in [0.5, 0.6) is 0 Å². The minimum atomic E-state index is -0.154. The third-order valence-corrected chi connectivity index (χ3v) is 7.54. The monoisotopic (exact) mass is 488 g/mol. The fourth-order valence-corrected chi connectivity index (χ4v) is 5.30. The maximum atomic E-state index is 6.72. The summed E-state index contributed by atoms with van der Waals surface area (Å²) in [5.74, 6) is 1.37. The normalized spacial score (nSPS) is 17.1. The Morgan fingerprint density at radius 2 is 1.97 bits per heavy atom. The highest BCUT2D eigenvalue weighted by molar-refractivity contribution is 5.98. The van der Waals surface area contributed by atoms with Gasteiger partial charge in [0.05, 0.1) is 12.3 Å². The van der Waals surface area contributed by atoms with Crippen molar-refractivity contribution in [2.75, 3.05) is 25.5 Å². The van der Waals surface area contributed by atoms with Crippen molar-refractivity contribution in [1.82, 2.24) is 14.9 Å². The molecule has 5 nitrogen and oxygen atoms in total. The first kappa shape index (κ1) is 26.3. The number of benzene rings is 1.